The zero-order valence-electron chi connectivity index (χ0n) is 42.6. The number of ketones is 1. The van der Waals surface area contributed by atoms with Crippen molar-refractivity contribution in [2.75, 3.05) is 16.8 Å². The number of aryl methyl sites for hydroxylation is 1. The van der Waals surface area contributed by atoms with Crippen molar-refractivity contribution < 1.29 is 153 Å². The molecule has 0 saturated carbocycles. The number of aromatic hydroxyl groups is 2. The summed E-state index contributed by atoms with van der Waals surface area (Å²) < 4.78 is 5.54. The Balaban J connectivity index is 0.000000280. The summed E-state index contributed by atoms with van der Waals surface area (Å²) in [6, 6.07) is 64.6. The van der Waals surface area contributed by atoms with E-state index in [2.05, 4.69) is 26.1 Å². The van der Waals surface area contributed by atoms with Crippen LogP contribution >= 0.6 is 15.9 Å². The molecule has 10 rings (SSSR count). The summed E-state index contributed by atoms with van der Waals surface area (Å²) in [5.74, 6) is -0.115. The van der Waals surface area contributed by atoms with E-state index in [1.54, 1.807) is 115 Å². The summed E-state index contributed by atoms with van der Waals surface area (Å²) >= 11 is 2.84. The average Bonchev–Trinajstić information content (AvgIpc) is 3.44. The van der Waals surface area contributed by atoms with E-state index in [4.69, 9.17) is 26.3 Å². The number of nitrogens with two attached hydrogens (primary N) is 2. The minimum Gasteiger partial charge on any atom is -1.00 e. The topological polar surface area (TPSA) is 231 Å². The summed E-state index contributed by atoms with van der Waals surface area (Å²) in [6.45, 7) is 1.73. The fraction of sp³-hybridized carbons (Fsp3) is 0.0167. The monoisotopic (exact) mass is 1130 g/mol. The average molecular weight is 1130 g/mol. The van der Waals surface area contributed by atoms with Crippen molar-refractivity contribution >= 4 is 94.1 Å². The van der Waals surface area contributed by atoms with Crippen LogP contribution in [0.4, 0.5) is 17.1 Å². The number of anilines is 3. The number of rotatable bonds is 8. The molecule has 0 radical (unpaired) electrons. The molecule has 7 N–H and O–H groups in total. The molecule has 372 valence electrons. The molecule has 0 aromatic heterocycles. The van der Waals surface area contributed by atoms with Crippen LogP contribution in [0, 0.1) is 6.92 Å². The summed E-state index contributed by atoms with van der Waals surface area (Å²) in [7, 11) is 0. The Labute approximate surface area is 533 Å². The van der Waals surface area contributed by atoms with Gasteiger partial charge in [-0.2, -0.15) is 0 Å². The van der Waals surface area contributed by atoms with Crippen LogP contribution in [0.25, 0.3) is 32.3 Å². The Bertz CT molecular complexity index is 3430. The van der Waals surface area contributed by atoms with E-state index in [-0.39, 0.29) is 144 Å². The third kappa shape index (κ3) is 17.1. The molecule has 0 spiro atoms. The second-order valence-electron chi connectivity index (χ2n) is 15.8. The molecule has 0 bridgehead atoms. The fourth-order valence-corrected chi connectivity index (χ4v) is 7.60. The molecule has 13 nitrogen and oxygen atoms in total. The van der Waals surface area contributed by atoms with Gasteiger partial charge in [0.25, 0.3) is 12.4 Å². The molecule has 16 heteroatoms. The number of hydrogen-bond donors (Lipinski definition) is 5. The van der Waals surface area contributed by atoms with E-state index in [1.165, 1.54) is 0 Å². The van der Waals surface area contributed by atoms with E-state index in [0.29, 0.717) is 50.5 Å². The first kappa shape index (κ1) is 62.2. The van der Waals surface area contributed by atoms with Crippen LogP contribution in [0.1, 0.15) is 54.0 Å². The Kier molecular flexibility index (Phi) is 25.9. The van der Waals surface area contributed by atoms with Gasteiger partial charge in [0.1, 0.15) is 17.2 Å². The Morgan fingerprint density at radius 3 is 1.59 bits per heavy atom. The summed E-state index contributed by atoms with van der Waals surface area (Å²) in [6.07, 6.45) is 0. The van der Waals surface area contributed by atoms with Crippen molar-refractivity contribution in [1.29, 1.82) is 0 Å². The van der Waals surface area contributed by atoms with E-state index >= 15 is 0 Å². The van der Waals surface area contributed by atoms with Crippen LogP contribution in [0.5, 0.6) is 17.2 Å². The molecule has 0 atom stereocenters. The normalized spacial score (nSPS) is 9.78. The Hall–Kier alpha value is -6.36. The number of benzene rings is 10. The first-order valence-electron chi connectivity index (χ1n) is 22.5. The molecular weight excluding hydrogens is 1080 g/mol. The van der Waals surface area contributed by atoms with Crippen molar-refractivity contribution in [2.45, 2.75) is 6.92 Å². The SMILES string of the molecule is Cc1ccc2c(O)c(C(=O)c3ccccc3)ccc2c1N.Nc1cccc2c(O)cccc12.O=C(Br)c1ccccc1.O=C(Nc1cccc2c(OC(=O)c3ccccc3)cccc12)c1ccccc1.O=CO[O-].[H-].[K+].[K+]. The number of ether oxygens (including phenoxy) is 1. The predicted molar refractivity (Wildman–Crippen MR) is 292 cm³/mol. The number of carbonyl (C=O) groups excluding carboxylic acids is 5. The third-order valence-corrected chi connectivity index (χ3v) is 11.5. The smallest absolute Gasteiger partial charge is 1.00 e. The van der Waals surface area contributed by atoms with E-state index < -0.39 is 5.97 Å². The van der Waals surface area contributed by atoms with Gasteiger partial charge in [-0.25, -0.2) is 4.79 Å². The van der Waals surface area contributed by atoms with Gasteiger partial charge < -0.3 is 43.3 Å². The number of nitrogens with one attached hydrogen (secondary N) is 1. The number of hydrogen-bond acceptors (Lipinski definition) is 12. The van der Waals surface area contributed by atoms with Gasteiger partial charge >= 0.3 is 109 Å². The number of fused-ring (bicyclic) bond motifs is 3. The minimum absolute atomic E-state index is 0. The van der Waals surface area contributed by atoms with Gasteiger partial charge in [-0.3, -0.25) is 19.2 Å². The van der Waals surface area contributed by atoms with Crippen molar-refractivity contribution in [3.8, 4) is 17.2 Å². The zero-order chi connectivity index (χ0) is 53.0. The van der Waals surface area contributed by atoms with Crippen molar-refractivity contribution in [1.82, 2.24) is 0 Å². The van der Waals surface area contributed by atoms with Crippen LogP contribution in [0.3, 0.4) is 0 Å². The zero-order valence-corrected chi connectivity index (χ0v) is 49.4. The first-order chi connectivity index (χ1) is 35.8. The van der Waals surface area contributed by atoms with Gasteiger partial charge in [0.2, 0.25) is 4.69 Å². The molecule has 0 heterocycles. The Morgan fingerprint density at radius 1 is 0.539 bits per heavy atom. The molecule has 0 aliphatic rings. The molecule has 10 aromatic carbocycles. The largest absolute Gasteiger partial charge is 1.00 e. The van der Waals surface area contributed by atoms with E-state index in [9.17, 15) is 29.4 Å². The number of phenols is 2. The minimum atomic E-state index is -0.424. The van der Waals surface area contributed by atoms with Crippen molar-refractivity contribution in [2.24, 2.45) is 0 Å². The Morgan fingerprint density at radius 2 is 1.03 bits per heavy atom. The second kappa shape index (κ2) is 31.6. The first-order valence-corrected chi connectivity index (χ1v) is 23.3. The number of halogens is 1. The maximum absolute atomic E-state index is 12.5. The molecular formula is C60H48BrK2N3O10. The number of amides is 1. The quantitative estimate of drug-likeness (QED) is 0.0138. The van der Waals surface area contributed by atoms with Crippen LogP contribution < -0.4 is 130 Å². The van der Waals surface area contributed by atoms with Gasteiger partial charge in [-0.15, -0.1) is 0 Å². The van der Waals surface area contributed by atoms with Gasteiger partial charge in [-0.05, 0) is 83.0 Å². The number of phenolic OH excluding ortho intramolecular Hbond substituents is 2. The fourth-order valence-electron chi connectivity index (χ4n) is 7.33. The third-order valence-electron chi connectivity index (χ3n) is 11.1. The summed E-state index contributed by atoms with van der Waals surface area (Å²) in [5.41, 5.74) is 17.3. The standard InChI is InChI=1S/C24H17NO3.C18H15NO2.C10H9NO.C7H5BrO.CH2O3.2K.H/c26-23(17-9-3-1-4-10-17)25-21-15-7-14-20-19(21)13-8-16-22(20)28-24(27)18-11-5-2-6-12-18;1-11-7-8-14-13(16(11)19)9-10-15(18(14)21)17(20)12-5-3-2-4-6-12;11-9-5-1-4-8-7(9)3-2-6-10(8)12;8-7(9)6-4-2-1-3-5-6;2-1-4-3;;;/h1-16H,(H,25,26);2-10,21H,19H2,1H3;1-6,12H,11H2;1-5H;1,3H;;;/q;;;;;2*+1;-1/p-1. The molecule has 0 aliphatic carbocycles. The number of esters is 1. The molecule has 0 unspecified atom stereocenters. The molecule has 76 heavy (non-hydrogen) atoms. The molecule has 0 fully saturated rings. The predicted octanol–water partition coefficient (Wildman–Crippen LogP) is 5.88. The maximum Gasteiger partial charge on any atom is 1.00 e. The number of carbonyl (C=O) groups is 5. The molecule has 10 aromatic rings. The molecule has 0 saturated heterocycles. The van der Waals surface area contributed by atoms with Gasteiger partial charge in [0.15, 0.2) is 5.78 Å². The second-order valence-corrected chi connectivity index (χ2v) is 16.6. The van der Waals surface area contributed by atoms with Gasteiger partial charge in [0, 0.05) is 66.1 Å². The van der Waals surface area contributed by atoms with Crippen molar-refractivity contribution in [3.05, 3.63) is 252 Å². The maximum atomic E-state index is 12.5. The van der Waals surface area contributed by atoms with Crippen LogP contribution in [-0.4, -0.2) is 39.0 Å². The van der Waals surface area contributed by atoms with Crippen LogP contribution in [0.15, 0.2) is 218 Å². The molecule has 0 aliphatic heterocycles. The summed E-state index contributed by atoms with van der Waals surface area (Å²) in [5, 5.41) is 35.8. The van der Waals surface area contributed by atoms with E-state index in [1.807, 2.05) is 110 Å². The van der Waals surface area contributed by atoms with Crippen LogP contribution in [0.2, 0.25) is 0 Å². The van der Waals surface area contributed by atoms with Crippen LogP contribution in [-0.2, 0) is 9.68 Å². The van der Waals surface area contributed by atoms with Gasteiger partial charge in [0.05, 0.1) is 11.1 Å². The van der Waals surface area contributed by atoms with Crippen molar-refractivity contribution in [3.63, 3.8) is 0 Å². The van der Waals surface area contributed by atoms with E-state index in [0.717, 1.165) is 32.5 Å². The van der Waals surface area contributed by atoms with Gasteiger partial charge in [-0.1, -0.05) is 164 Å². The number of nitrogen functional groups attached to an aromatic ring is 2. The molecule has 1 amide bonds. The summed E-state index contributed by atoms with van der Waals surface area (Å²) in [4.78, 5) is 59.2.